The summed E-state index contributed by atoms with van der Waals surface area (Å²) in [6.45, 7) is 3.76. The number of carbonyl (C=O) groups excluding carboxylic acids is 1. The van der Waals surface area contributed by atoms with Crippen molar-refractivity contribution >= 4 is 29.0 Å². The number of aryl methyl sites for hydroxylation is 2. The molecule has 2 aromatic rings. The second-order valence-electron chi connectivity index (χ2n) is 5.17. The summed E-state index contributed by atoms with van der Waals surface area (Å²) in [7, 11) is 0. The third-order valence-electron chi connectivity index (χ3n) is 3.84. The van der Waals surface area contributed by atoms with Crippen LogP contribution in [0.3, 0.4) is 0 Å². The van der Waals surface area contributed by atoms with Gasteiger partial charge in [-0.15, -0.1) is 23.2 Å². The molecule has 0 aliphatic rings. The molecule has 2 aromatic heterocycles. The molecule has 0 radical (unpaired) electrons. The SMILES string of the molecule is Cc1ncccc1C(CCl)C(=O)C(CCl)c1cccnc1C. The van der Waals surface area contributed by atoms with E-state index in [4.69, 9.17) is 23.2 Å². The van der Waals surface area contributed by atoms with Gasteiger partial charge in [-0.2, -0.15) is 0 Å². The highest BCUT2D eigenvalue weighted by Crippen LogP contribution is 2.30. The van der Waals surface area contributed by atoms with E-state index >= 15 is 0 Å². The Morgan fingerprint density at radius 1 is 0.955 bits per heavy atom. The zero-order valence-electron chi connectivity index (χ0n) is 12.6. The fourth-order valence-corrected chi connectivity index (χ4v) is 3.23. The number of hydrogen-bond donors (Lipinski definition) is 0. The lowest BCUT2D eigenvalue weighted by molar-refractivity contribution is -0.121. The fraction of sp³-hybridized carbons (Fsp3) is 0.353. The molecule has 0 N–H and O–H groups in total. The molecule has 0 aliphatic heterocycles. The van der Waals surface area contributed by atoms with Crippen LogP contribution < -0.4 is 0 Å². The molecule has 0 saturated carbocycles. The number of nitrogens with zero attached hydrogens (tertiary/aromatic N) is 2. The lowest BCUT2D eigenvalue weighted by Crippen LogP contribution is -2.25. The van der Waals surface area contributed by atoms with E-state index in [0.717, 1.165) is 22.5 Å². The van der Waals surface area contributed by atoms with Gasteiger partial charge in [0.1, 0.15) is 5.78 Å². The van der Waals surface area contributed by atoms with Gasteiger partial charge in [0, 0.05) is 35.5 Å². The van der Waals surface area contributed by atoms with Crippen LogP contribution in [0.2, 0.25) is 0 Å². The number of halogens is 2. The lowest BCUT2D eigenvalue weighted by atomic mass is 9.84. The quantitative estimate of drug-likeness (QED) is 0.748. The summed E-state index contributed by atoms with van der Waals surface area (Å²) in [6, 6.07) is 7.43. The minimum absolute atomic E-state index is 0.0113. The summed E-state index contributed by atoms with van der Waals surface area (Å²) in [5.74, 6) is -0.412. The van der Waals surface area contributed by atoms with Gasteiger partial charge in [-0.3, -0.25) is 14.8 Å². The van der Waals surface area contributed by atoms with Gasteiger partial charge < -0.3 is 0 Å². The van der Waals surface area contributed by atoms with Gasteiger partial charge >= 0.3 is 0 Å². The molecule has 0 aliphatic carbocycles. The van der Waals surface area contributed by atoms with E-state index in [9.17, 15) is 4.79 Å². The summed E-state index contributed by atoms with van der Waals surface area (Å²) in [4.78, 5) is 21.5. The predicted octanol–water partition coefficient (Wildman–Crippen LogP) is 4.01. The summed E-state index contributed by atoms with van der Waals surface area (Å²) >= 11 is 12.2. The molecule has 2 heterocycles. The van der Waals surface area contributed by atoms with Crippen LogP contribution in [0.15, 0.2) is 36.7 Å². The number of Topliss-reactive ketones (excluding diaryl/α,β-unsaturated/α-hetero) is 1. The first-order valence-electron chi connectivity index (χ1n) is 7.08. The van der Waals surface area contributed by atoms with Crippen LogP contribution in [0.5, 0.6) is 0 Å². The average molecular weight is 337 g/mol. The molecule has 2 atom stereocenters. The van der Waals surface area contributed by atoms with Gasteiger partial charge in [0.2, 0.25) is 0 Å². The van der Waals surface area contributed by atoms with Crippen LogP contribution in [-0.4, -0.2) is 27.5 Å². The highest BCUT2D eigenvalue weighted by atomic mass is 35.5. The molecule has 22 heavy (non-hydrogen) atoms. The van der Waals surface area contributed by atoms with Crippen molar-refractivity contribution in [1.82, 2.24) is 9.97 Å². The van der Waals surface area contributed by atoms with E-state index in [1.54, 1.807) is 12.4 Å². The molecule has 0 aromatic carbocycles. The number of carbonyl (C=O) groups is 1. The van der Waals surface area contributed by atoms with E-state index in [2.05, 4.69) is 9.97 Å². The molecular formula is C17H18Cl2N2O. The lowest BCUT2D eigenvalue weighted by Gasteiger charge is -2.21. The molecular weight excluding hydrogens is 319 g/mol. The second-order valence-corrected chi connectivity index (χ2v) is 5.79. The number of pyridine rings is 2. The standard InChI is InChI=1S/C17H18Cl2N2O/c1-11-13(5-3-7-20-11)15(9-18)17(22)16(10-19)14-6-4-8-21-12(14)2/h3-8,15-16H,9-10H2,1-2H3. The van der Waals surface area contributed by atoms with Crippen molar-refractivity contribution in [2.75, 3.05) is 11.8 Å². The number of rotatable bonds is 6. The Hall–Kier alpha value is -1.45. The van der Waals surface area contributed by atoms with Gasteiger partial charge in [0.15, 0.2) is 0 Å². The Balaban J connectivity index is 2.39. The first-order chi connectivity index (χ1) is 10.6. The van der Waals surface area contributed by atoms with E-state index in [-0.39, 0.29) is 17.5 Å². The highest BCUT2D eigenvalue weighted by Gasteiger charge is 2.30. The molecule has 116 valence electrons. The molecule has 0 fully saturated rings. The molecule has 2 rings (SSSR count). The minimum Gasteiger partial charge on any atom is -0.298 e. The van der Waals surface area contributed by atoms with Crippen molar-refractivity contribution in [2.24, 2.45) is 0 Å². The Morgan fingerprint density at radius 3 is 1.68 bits per heavy atom. The maximum absolute atomic E-state index is 13.0. The molecule has 0 spiro atoms. The third-order valence-corrected chi connectivity index (χ3v) is 4.46. The van der Waals surface area contributed by atoms with E-state index in [1.807, 2.05) is 38.1 Å². The number of hydrogen-bond acceptors (Lipinski definition) is 3. The van der Waals surface area contributed by atoms with E-state index < -0.39 is 11.8 Å². The van der Waals surface area contributed by atoms with Crippen LogP contribution in [0.25, 0.3) is 0 Å². The number of alkyl halides is 2. The topological polar surface area (TPSA) is 42.9 Å². The summed E-state index contributed by atoms with van der Waals surface area (Å²) in [6.07, 6.45) is 3.41. The molecule has 0 bridgehead atoms. The van der Waals surface area contributed by atoms with Crippen LogP contribution in [-0.2, 0) is 4.79 Å². The Bertz CT molecular complexity index is 605. The fourth-order valence-electron chi connectivity index (χ4n) is 2.60. The van der Waals surface area contributed by atoms with Crippen molar-refractivity contribution in [3.05, 3.63) is 59.2 Å². The van der Waals surface area contributed by atoms with Gasteiger partial charge in [0.05, 0.1) is 11.8 Å². The van der Waals surface area contributed by atoms with Crippen LogP contribution >= 0.6 is 23.2 Å². The minimum atomic E-state index is -0.418. The number of ketones is 1. The van der Waals surface area contributed by atoms with Crippen molar-refractivity contribution in [3.8, 4) is 0 Å². The summed E-state index contributed by atoms with van der Waals surface area (Å²) in [5.41, 5.74) is 3.36. The summed E-state index contributed by atoms with van der Waals surface area (Å²) < 4.78 is 0. The van der Waals surface area contributed by atoms with Gasteiger partial charge in [-0.25, -0.2) is 0 Å². The zero-order chi connectivity index (χ0) is 16.1. The average Bonchev–Trinajstić information content (AvgIpc) is 2.52. The van der Waals surface area contributed by atoms with Crippen molar-refractivity contribution in [2.45, 2.75) is 25.7 Å². The molecule has 3 nitrogen and oxygen atoms in total. The monoisotopic (exact) mass is 336 g/mol. The second kappa shape index (κ2) is 7.70. The first kappa shape index (κ1) is 16.9. The molecule has 5 heteroatoms. The normalized spacial score (nSPS) is 13.6. The number of aromatic nitrogens is 2. The maximum Gasteiger partial charge on any atom is 0.150 e. The van der Waals surface area contributed by atoms with Crippen molar-refractivity contribution in [3.63, 3.8) is 0 Å². The van der Waals surface area contributed by atoms with E-state index in [0.29, 0.717) is 0 Å². The van der Waals surface area contributed by atoms with Crippen LogP contribution in [0.1, 0.15) is 34.4 Å². The first-order valence-corrected chi connectivity index (χ1v) is 8.15. The van der Waals surface area contributed by atoms with Gasteiger partial charge in [-0.1, -0.05) is 12.1 Å². The molecule has 0 saturated heterocycles. The zero-order valence-corrected chi connectivity index (χ0v) is 14.1. The highest BCUT2D eigenvalue weighted by molar-refractivity contribution is 6.22. The van der Waals surface area contributed by atoms with Crippen LogP contribution in [0.4, 0.5) is 0 Å². The molecule has 2 unspecified atom stereocenters. The van der Waals surface area contributed by atoms with Crippen molar-refractivity contribution < 1.29 is 4.79 Å². The van der Waals surface area contributed by atoms with Gasteiger partial charge in [-0.05, 0) is 37.1 Å². The smallest absolute Gasteiger partial charge is 0.150 e. The van der Waals surface area contributed by atoms with Crippen molar-refractivity contribution in [1.29, 1.82) is 0 Å². The van der Waals surface area contributed by atoms with Crippen LogP contribution in [0, 0.1) is 13.8 Å². The van der Waals surface area contributed by atoms with E-state index in [1.165, 1.54) is 0 Å². The Kier molecular flexibility index (Phi) is 5.92. The molecule has 0 amide bonds. The predicted molar refractivity (Wildman–Crippen MR) is 89.9 cm³/mol. The Labute approximate surface area is 140 Å². The summed E-state index contributed by atoms with van der Waals surface area (Å²) in [5, 5.41) is 0. The largest absolute Gasteiger partial charge is 0.298 e. The Morgan fingerprint density at radius 2 is 1.36 bits per heavy atom. The van der Waals surface area contributed by atoms with Gasteiger partial charge in [0.25, 0.3) is 0 Å². The maximum atomic E-state index is 13.0. The third kappa shape index (κ3) is 3.47.